The fourth-order valence-electron chi connectivity index (χ4n) is 1.29. The van der Waals surface area contributed by atoms with Crippen LogP contribution in [-0.4, -0.2) is 6.04 Å². The van der Waals surface area contributed by atoms with Gasteiger partial charge in [0, 0.05) is 3.57 Å². The lowest BCUT2D eigenvalue weighted by molar-refractivity contribution is 0.955. The molecule has 1 aromatic rings. The highest BCUT2D eigenvalue weighted by molar-refractivity contribution is 14.1. The zero-order chi connectivity index (χ0) is 7.84. The van der Waals surface area contributed by atoms with E-state index in [4.69, 9.17) is 0 Å². The Hall–Kier alpha value is -0.380. The molecule has 0 radical (unpaired) electrons. The predicted octanol–water partition coefficient (Wildman–Crippen LogP) is 1.09. The summed E-state index contributed by atoms with van der Waals surface area (Å²) in [7, 11) is 0. The summed E-state index contributed by atoms with van der Waals surface area (Å²) >= 11 is 2.31. The zero-order valence-corrected chi connectivity index (χ0v) is 8.37. The number of rotatable bonds is 0. The normalized spacial score (nSPS) is 20.4. The maximum Gasteiger partial charge on any atom is 0.0668 e. The van der Waals surface area contributed by atoms with Crippen molar-refractivity contribution in [3.8, 4) is 0 Å². The van der Waals surface area contributed by atoms with Crippen molar-refractivity contribution >= 4 is 28.7 Å². The molecule has 1 aliphatic heterocycles. The highest BCUT2D eigenvalue weighted by Gasteiger charge is 2.01. The van der Waals surface area contributed by atoms with Crippen LogP contribution < -0.4 is 10.6 Å². The standard InChI is InChI=1S/C9H8IN/c1-6-4-7-2-3-8(10)5-9(7)11-6/h2-6H,1H3/t6-/m0/s1. The molecule has 0 saturated carbocycles. The lowest BCUT2D eigenvalue weighted by Gasteiger charge is -1.87. The van der Waals surface area contributed by atoms with E-state index in [0.29, 0.717) is 6.04 Å². The fraction of sp³-hybridized carbons (Fsp3) is 0.222. The molecule has 1 aliphatic rings. The Morgan fingerprint density at radius 3 is 3.09 bits per heavy atom. The molecular formula is C9H8IN. The smallest absolute Gasteiger partial charge is 0.0668 e. The van der Waals surface area contributed by atoms with Crippen molar-refractivity contribution in [2.75, 3.05) is 0 Å². The summed E-state index contributed by atoms with van der Waals surface area (Å²) in [5.74, 6) is 0. The third-order valence-corrected chi connectivity index (χ3v) is 2.43. The molecule has 0 bridgehead atoms. The van der Waals surface area contributed by atoms with Crippen molar-refractivity contribution in [1.29, 1.82) is 0 Å². The highest BCUT2D eigenvalue weighted by Crippen LogP contribution is 1.99. The monoisotopic (exact) mass is 257 g/mol. The van der Waals surface area contributed by atoms with Crippen molar-refractivity contribution < 1.29 is 0 Å². The van der Waals surface area contributed by atoms with E-state index < -0.39 is 0 Å². The van der Waals surface area contributed by atoms with Crippen LogP contribution in [0.1, 0.15) is 6.92 Å². The van der Waals surface area contributed by atoms with Crippen LogP contribution in [0.3, 0.4) is 0 Å². The lowest BCUT2D eigenvalue weighted by Crippen LogP contribution is -2.20. The second kappa shape index (κ2) is 2.59. The van der Waals surface area contributed by atoms with Gasteiger partial charge in [0.15, 0.2) is 0 Å². The van der Waals surface area contributed by atoms with Crippen LogP contribution in [-0.2, 0) is 0 Å². The van der Waals surface area contributed by atoms with E-state index in [2.05, 4.69) is 58.8 Å². The van der Waals surface area contributed by atoms with E-state index in [1.165, 1.54) is 8.79 Å². The Morgan fingerprint density at radius 2 is 2.27 bits per heavy atom. The first kappa shape index (κ1) is 7.28. The number of hydrogen-bond acceptors (Lipinski definition) is 1. The first-order valence-corrected chi connectivity index (χ1v) is 4.69. The van der Waals surface area contributed by atoms with E-state index in [-0.39, 0.29) is 0 Å². The summed E-state index contributed by atoms with van der Waals surface area (Å²) in [6.45, 7) is 2.10. The van der Waals surface area contributed by atoms with Gasteiger partial charge in [0.1, 0.15) is 0 Å². The fourth-order valence-corrected chi connectivity index (χ4v) is 1.76. The minimum Gasteiger partial charge on any atom is -0.278 e. The summed E-state index contributed by atoms with van der Waals surface area (Å²) < 4.78 is 1.26. The quantitative estimate of drug-likeness (QED) is 0.617. The number of nitrogens with zero attached hydrogens (tertiary/aromatic N) is 1. The first-order valence-electron chi connectivity index (χ1n) is 3.61. The first-order chi connectivity index (χ1) is 5.25. The average Bonchev–Trinajstić information content (AvgIpc) is 2.27. The SMILES string of the molecule is C[C@H]1C=c2ccc(I)cc2=N1. The molecule has 1 nitrogen and oxygen atoms in total. The molecule has 1 atom stereocenters. The molecule has 0 aliphatic carbocycles. The van der Waals surface area contributed by atoms with Gasteiger partial charge in [-0.15, -0.1) is 0 Å². The molecule has 0 N–H and O–H groups in total. The Labute approximate surface area is 79.0 Å². The number of hydrogen-bond donors (Lipinski definition) is 0. The topological polar surface area (TPSA) is 12.4 Å². The van der Waals surface area contributed by atoms with Crippen LogP contribution in [0, 0.1) is 3.57 Å². The summed E-state index contributed by atoms with van der Waals surface area (Å²) in [4.78, 5) is 4.45. The molecule has 11 heavy (non-hydrogen) atoms. The average molecular weight is 257 g/mol. The summed E-state index contributed by atoms with van der Waals surface area (Å²) in [6, 6.07) is 6.73. The van der Waals surface area contributed by atoms with Crippen LogP contribution in [0.15, 0.2) is 23.2 Å². The van der Waals surface area contributed by atoms with Gasteiger partial charge in [-0.2, -0.15) is 0 Å². The molecule has 0 spiro atoms. The molecular weight excluding hydrogens is 249 g/mol. The highest BCUT2D eigenvalue weighted by atomic mass is 127. The third-order valence-electron chi connectivity index (χ3n) is 1.76. The Bertz CT molecular complexity index is 395. The Morgan fingerprint density at radius 1 is 1.45 bits per heavy atom. The van der Waals surface area contributed by atoms with E-state index >= 15 is 0 Å². The molecule has 1 aromatic carbocycles. The molecule has 0 aromatic heterocycles. The third kappa shape index (κ3) is 1.31. The molecule has 0 unspecified atom stereocenters. The maximum absolute atomic E-state index is 4.45. The van der Waals surface area contributed by atoms with Gasteiger partial charge < -0.3 is 0 Å². The van der Waals surface area contributed by atoms with Crippen molar-refractivity contribution in [3.05, 3.63) is 32.3 Å². The minimum absolute atomic E-state index is 0.364. The number of benzene rings is 1. The molecule has 0 fully saturated rings. The van der Waals surface area contributed by atoms with E-state index in [0.717, 1.165) is 5.36 Å². The number of halogens is 1. The van der Waals surface area contributed by atoms with E-state index in [1.54, 1.807) is 0 Å². The summed E-state index contributed by atoms with van der Waals surface area (Å²) in [5.41, 5.74) is 0. The molecule has 0 saturated heterocycles. The largest absolute Gasteiger partial charge is 0.278 e. The molecule has 56 valence electrons. The van der Waals surface area contributed by atoms with Gasteiger partial charge in [-0.25, -0.2) is 0 Å². The maximum atomic E-state index is 4.45. The van der Waals surface area contributed by atoms with E-state index in [9.17, 15) is 0 Å². The molecule has 1 heterocycles. The lowest BCUT2D eigenvalue weighted by atomic mass is 10.2. The van der Waals surface area contributed by atoms with Crippen LogP contribution in [0.4, 0.5) is 0 Å². The Kier molecular flexibility index (Phi) is 1.71. The van der Waals surface area contributed by atoms with Crippen molar-refractivity contribution in [1.82, 2.24) is 0 Å². The van der Waals surface area contributed by atoms with Crippen LogP contribution in [0.2, 0.25) is 0 Å². The molecule has 0 amide bonds. The summed E-state index contributed by atoms with van der Waals surface area (Å²) in [6.07, 6.45) is 2.19. The summed E-state index contributed by atoms with van der Waals surface area (Å²) in [5, 5.41) is 2.42. The number of fused-ring (bicyclic) bond motifs is 1. The van der Waals surface area contributed by atoms with Crippen molar-refractivity contribution in [2.24, 2.45) is 4.99 Å². The van der Waals surface area contributed by atoms with Crippen LogP contribution in [0.25, 0.3) is 6.08 Å². The molecule has 2 rings (SSSR count). The second-order valence-electron chi connectivity index (χ2n) is 2.74. The Balaban J connectivity index is 2.78. The van der Waals surface area contributed by atoms with Gasteiger partial charge in [0.2, 0.25) is 0 Å². The van der Waals surface area contributed by atoms with Crippen LogP contribution in [0.5, 0.6) is 0 Å². The van der Waals surface area contributed by atoms with Crippen molar-refractivity contribution in [3.63, 3.8) is 0 Å². The predicted molar refractivity (Wildman–Crippen MR) is 53.9 cm³/mol. The molecule has 2 heteroatoms. The van der Waals surface area contributed by atoms with Crippen LogP contribution >= 0.6 is 22.6 Å². The minimum atomic E-state index is 0.364. The van der Waals surface area contributed by atoms with Gasteiger partial charge in [-0.05, 0) is 46.9 Å². The van der Waals surface area contributed by atoms with E-state index in [1.807, 2.05) is 0 Å². The van der Waals surface area contributed by atoms with Gasteiger partial charge in [-0.1, -0.05) is 12.1 Å². The van der Waals surface area contributed by atoms with Gasteiger partial charge in [0.05, 0.1) is 11.4 Å². The van der Waals surface area contributed by atoms with Gasteiger partial charge in [0.25, 0.3) is 0 Å². The van der Waals surface area contributed by atoms with Crippen molar-refractivity contribution in [2.45, 2.75) is 13.0 Å². The van der Waals surface area contributed by atoms with Gasteiger partial charge in [-0.3, -0.25) is 4.99 Å². The van der Waals surface area contributed by atoms with Gasteiger partial charge >= 0.3 is 0 Å². The second-order valence-corrected chi connectivity index (χ2v) is 3.99. The zero-order valence-electron chi connectivity index (χ0n) is 6.21.